The Bertz CT molecular complexity index is 1060. The molecule has 0 spiro atoms. The van der Waals surface area contributed by atoms with Crippen molar-refractivity contribution in [3.8, 4) is 11.3 Å². The van der Waals surface area contributed by atoms with Crippen molar-refractivity contribution in [1.82, 2.24) is 10.1 Å². The molecule has 0 aliphatic heterocycles. The highest BCUT2D eigenvalue weighted by molar-refractivity contribution is 7.22. The molecule has 1 amide bonds. The number of aromatic nitrogens is 2. The zero-order valence-electron chi connectivity index (χ0n) is 13.8. The second kappa shape index (κ2) is 6.68. The minimum Gasteiger partial charge on any atom is -0.350 e. The number of benzene rings is 2. The first-order valence-corrected chi connectivity index (χ1v) is 8.87. The van der Waals surface area contributed by atoms with Gasteiger partial charge >= 0.3 is 0 Å². The molecule has 5 nitrogen and oxygen atoms in total. The number of halogens is 1. The van der Waals surface area contributed by atoms with Crippen molar-refractivity contribution < 1.29 is 13.7 Å². The van der Waals surface area contributed by atoms with E-state index < -0.39 is 0 Å². The van der Waals surface area contributed by atoms with Crippen LogP contribution >= 0.6 is 11.3 Å². The summed E-state index contributed by atoms with van der Waals surface area (Å²) < 4.78 is 19.6. The molecule has 130 valence electrons. The fourth-order valence-corrected chi connectivity index (χ4v) is 3.66. The molecule has 0 unspecified atom stereocenters. The number of carbonyl (C=O) groups excluding carboxylic acids is 1. The van der Waals surface area contributed by atoms with Gasteiger partial charge in [0, 0.05) is 18.2 Å². The molecule has 0 atom stereocenters. The van der Waals surface area contributed by atoms with Crippen LogP contribution in [0.2, 0.25) is 0 Å². The molecule has 26 heavy (non-hydrogen) atoms. The topological polar surface area (TPSA) is 59.2 Å². The number of carbonyl (C=O) groups is 1. The second-order valence-electron chi connectivity index (χ2n) is 5.60. The highest BCUT2D eigenvalue weighted by atomic mass is 32.1. The Kier molecular flexibility index (Phi) is 4.22. The van der Waals surface area contributed by atoms with Crippen molar-refractivity contribution >= 4 is 32.6 Å². The maximum absolute atomic E-state index is 13.4. The molecule has 0 N–H and O–H groups in total. The molecule has 0 aliphatic carbocycles. The van der Waals surface area contributed by atoms with Gasteiger partial charge < -0.3 is 4.52 Å². The molecule has 0 bridgehead atoms. The Morgan fingerprint density at radius 2 is 2.04 bits per heavy atom. The van der Waals surface area contributed by atoms with Gasteiger partial charge in [-0.1, -0.05) is 40.8 Å². The minimum atomic E-state index is -0.372. The lowest BCUT2D eigenvalue weighted by Gasteiger charge is -2.15. The number of thiazole rings is 1. The van der Waals surface area contributed by atoms with Gasteiger partial charge in [-0.05, 0) is 31.2 Å². The summed E-state index contributed by atoms with van der Waals surface area (Å²) in [4.78, 5) is 18.9. The van der Waals surface area contributed by atoms with Gasteiger partial charge in [0.1, 0.15) is 11.5 Å². The first-order valence-electron chi connectivity index (χ1n) is 8.06. The summed E-state index contributed by atoms with van der Waals surface area (Å²) >= 11 is 1.44. The van der Waals surface area contributed by atoms with Crippen LogP contribution in [0.3, 0.4) is 0 Å². The molecular formula is C19H14FN3O2S. The number of amides is 1. The molecular weight excluding hydrogens is 353 g/mol. The van der Waals surface area contributed by atoms with Crippen molar-refractivity contribution in [2.45, 2.75) is 6.92 Å². The van der Waals surface area contributed by atoms with Crippen molar-refractivity contribution in [1.29, 1.82) is 0 Å². The SMILES string of the molecule is CCN(C(=O)c1cc(-c2cccc(F)c2)no1)c1nc2ccccc2s1. The fraction of sp³-hybridized carbons (Fsp3) is 0.105. The van der Waals surface area contributed by atoms with E-state index in [9.17, 15) is 9.18 Å². The summed E-state index contributed by atoms with van der Waals surface area (Å²) in [7, 11) is 0. The maximum atomic E-state index is 13.4. The summed E-state index contributed by atoms with van der Waals surface area (Å²) in [5.74, 6) is -0.616. The Morgan fingerprint density at radius 3 is 2.81 bits per heavy atom. The summed E-state index contributed by atoms with van der Waals surface area (Å²) in [6.07, 6.45) is 0. The molecule has 0 saturated carbocycles. The average Bonchev–Trinajstić information content (AvgIpc) is 3.29. The lowest BCUT2D eigenvalue weighted by Crippen LogP contribution is -2.30. The average molecular weight is 367 g/mol. The number of anilines is 1. The van der Waals surface area contributed by atoms with E-state index in [0.29, 0.717) is 22.9 Å². The number of rotatable bonds is 4. The molecule has 7 heteroatoms. The molecule has 0 radical (unpaired) electrons. The maximum Gasteiger partial charge on any atom is 0.298 e. The van der Waals surface area contributed by atoms with Gasteiger partial charge in [-0.25, -0.2) is 9.37 Å². The van der Waals surface area contributed by atoms with E-state index in [1.54, 1.807) is 17.0 Å². The van der Waals surface area contributed by atoms with Gasteiger partial charge in [0.2, 0.25) is 5.76 Å². The Hall–Kier alpha value is -3.06. The van der Waals surface area contributed by atoms with E-state index in [4.69, 9.17) is 4.52 Å². The first kappa shape index (κ1) is 16.4. The monoisotopic (exact) mass is 367 g/mol. The van der Waals surface area contributed by atoms with E-state index in [1.807, 2.05) is 31.2 Å². The van der Waals surface area contributed by atoms with Gasteiger partial charge in [0.15, 0.2) is 5.13 Å². The van der Waals surface area contributed by atoms with Crippen LogP contribution < -0.4 is 4.90 Å². The standard InChI is InChI=1S/C19H14FN3O2S/c1-2-23(19-21-14-8-3-4-9-17(14)26-19)18(24)16-11-15(22-25-16)12-6-5-7-13(20)10-12/h3-11H,2H2,1H3. The third kappa shape index (κ3) is 2.97. The van der Waals surface area contributed by atoms with E-state index in [0.717, 1.165) is 10.2 Å². The van der Waals surface area contributed by atoms with Crippen LogP contribution in [0.5, 0.6) is 0 Å². The van der Waals surface area contributed by atoms with E-state index in [1.165, 1.54) is 29.5 Å². The van der Waals surface area contributed by atoms with Gasteiger partial charge in [-0.2, -0.15) is 0 Å². The van der Waals surface area contributed by atoms with Crippen LogP contribution in [0.1, 0.15) is 17.5 Å². The van der Waals surface area contributed by atoms with Crippen molar-refractivity contribution in [3.05, 3.63) is 66.2 Å². The Labute approximate surface area is 152 Å². The van der Waals surface area contributed by atoms with Crippen LogP contribution in [0.4, 0.5) is 9.52 Å². The number of para-hydroxylation sites is 1. The van der Waals surface area contributed by atoms with Crippen LogP contribution in [-0.4, -0.2) is 22.6 Å². The Morgan fingerprint density at radius 1 is 1.19 bits per heavy atom. The lowest BCUT2D eigenvalue weighted by atomic mass is 10.1. The summed E-state index contributed by atoms with van der Waals surface area (Å²) in [5.41, 5.74) is 1.81. The first-order chi connectivity index (χ1) is 12.7. The third-order valence-electron chi connectivity index (χ3n) is 3.92. The quantitative estimate of drug-likeness (QED) is 0.522. The van der Waals surface area contributed by atoms with Crippen molar-refractivity contribution in [3.63, 3.8) is 0 Å². The number of hydrogen-bond donors (Lipinski definition) is 0. The normalized spacial score (nSPS) is 11.0. The molecule has 2 heterocycles. The molecule has 0 saturated heterocycles. The highest BCUT2D eigenvalue weighted by Crippen LogP contribution is 2.30. The lowest BCUT2D eigenvalue weighted by molar-refractivity contribution is 0.0953. The van der Waals surface area contributed by atoms with E-state index in [-0.39, 0.29) is 17.5 Å². The summed E-state index contributed by atoms with van der Waals surface area (Å²) in [6.45, 7) is 2.31. The molecule has 0 aliphatic rings. The highest BCUT2D eigenvalue weighted by Gasteiger charge is 2.24. The van der Waals surface area contributed by atoms with Gasteiger partial charge in [0.05, 0.1) is 10.2 Å². The third-order valence-corrected chi connectivity index (χ3v) is 4.98. The van der Waals surface area contributed by atoms with E-state index in [2.05, 4.69) is 10.1 Å². The predicted molar refractivity (Wildman–Crippen MR) is 98.9 cm³/mol. The minimum absolute atomic E-state index is 0.0883. The van der Waals surface area contributed by atoms with Crippen LogP contribution in [0.25, 0.3) is 21.5 Å². The van der Waals surface area contributed by atoms with Crippen molar-refractivity contribution in [2.75, 3.05) is 11.4 Å². The van der Waals surface area contributed by atoms with Gasteiger partial charge in [-0.3, -0.25) is 9.69 Å². The fourth-order valence-electron chi connectivity index (χ4n) is 2.63. The van der Waals surface area contributed by atoms with E-state index >= 15 is 0 Å². The molecule has 2 aromatic heterocycles. The zero-order chi connectivity index (χ0) is 18.1. The molecule has 0 fully saturated rings. The van der Waals surface area contributed by atoms with Crippen LogP contribution in [-0.2, 0) is 0 Å². The van der Waals surface area contributed by atoms with Gasteiger partial charge in [0.25, 0.3) is 5.91 Å². The smallest absolute Gasteiger partial charge is 0.298 e. The number of nitrogens with zero attached hydrogens (tertiary/aromatic N) is 3. The number of fused-ring (bicyclic) bond motifs is 1. The van der Waals surface area contributed by atoms with Gasteiger partial charge in [-0.15, -0.1) is 0 Å². The number of hydrogen-bond acceptors (Lipinski definition) is 5. The Balaban J connectivity index is 1.65. The van der Waals surface area contributed by atoms with Crippen molar-refractivity contribution in [2.24, 2.45) is 0 Å². The summed E-state index contributed by atoms with van der Waals surface area (Å²) in [6, 6.07) is 15.2. The zero-order valence-corrected chi connectivity index (χ0v) is 14.7. The van der Waals surface area contributed by atoms with Crippen LogP contribution in [0.15, 0.2) is 59.1 Å². The second-order valence-corrected chi connectivity index (χ2v) is 6.61. The predicted octanol–water partition coefficient (Wildman–Crippen LogP) is 4.76. The summed E-state index contributed by atoms with van der Waals surface area (Å²) in [5, 5.41) is 4.50. The molecule has 4 aromatic rings. The molecule has 2 aromatic carbocycles. The largest absolute Gasteiger partial charge is 0.350 e. The van der Waals surface area contributed by atoms with Crippen LogP contribution in [0, 0.1) is 5.82 Å². The molecule has 4 rings (SSSR count).